The quantitative estimate of drug-likeness (QED) is 0.876. The number of thiophene rings is 1. The first-order valence-corrected chi connectivity index (χ1v) is 7.27. The third-order valence-electron chi connectivity index (χ3n) is 2.00. The van der Waals surface area contributed by atoms with Gasteiger partial charge in [-0.05, 0) is 25.5 Å². The molecule has 1 N–H and O–H groups in total. The monoisotopic (exact) mass is 258 g/mol. The molecule has 6 heteroatoms. The summed E-state index contributed by atoms with van der Waals surface area (Å²) in [7, 11) is -3.45. The number of rotatable bonds is 5. The van der Waals surface area contributed by atoms with Gasteiger partial charge in [0.25, 0.3) is 0 Å². The van der Waals surface area contributed by atoms with Crippen LogP contribution >= 0.6 is 11.3 Å². The van der Waals surface area contributed by atoms with Gasteiger partial charge < -0.3 is 0 Å². The van der Waals surface area contributed by atoms with E-state index in [1.165, 1.54) is 11.3 Å². The van der Waals surface area contributed by atoms with Crippen LogP contribution in [-0.2, 0) is 16.4 Å². The average molecular weight is 258 g/mol. The topological polar surface area (TPSA) is 70.0 Å². The van der Waals surface area contributed by atoms with Gasteiger partial charge in [-0.2, -0.15) is 5.26 Å². The van der Waals surface area contributed by atoms with Crippen molar-refractivity contribution in [2.45, 2.75) is 36.9 Å². The van der Waals surface area contributed by atoms with Crippen molar-refractivity contribution in [3.05, 3.63) is 17.0 Å². The Kier molecular flexibility index (Phi) is 4.47. The summed E-state index contributed by atoms with van der Waals surface area (Å²) in [6, 6.07) is 4.99. The lowest BCUT2D eigenvalue weighted by atomic mass is 10.3. The number of aryl methyl sites for hydroxylation is 1. The zero-order valence-electron chi connectivity index (χ0n) is 9.23. The highest BCUT2D eigenvalue weighted by Gasteiger charge is 2.18. The predicted octanol–water partition coefficient (Wildman–Crippen LogP) is 1.89. The summed E-state index contributed by atoms with van der Waals surface area (Å²) in [5, 5.41) is 8.46. The Morgan fingerprint density at radius 2 is 2.25 bits per heavy atom. The minimum absolute atomic E-state index is 0.172. The maximum Gasteiger partial charge on any atom is 0.250 e. The van der Waals surface area contributed by atoms with Crippen molar-refractivity contribution in [1.29, 1.82) is 5.26 Å². The van der Waals surface area contributed by atoms with E-state index in [0.717, 1.165) is 11.3 Å². The van der Waals surface area contributed by atoms with E-state index in [0.29, 0.717) is 4.21 Å². The van der Waals surface area contributed by atoms with Gasteiger partial charge in [-0.25, -0.2) is 13.1 Å². The van der Waals surface area contributed by atoms with Gasteiger partial charge in [-0.1, -0.05) is 6.92 Å². The van der Waals surface area contributed by atoms with Crippen molar-refractivity contribution in [3.63, 3.8) is 0 Å². The van der Waals surface area contributed by atoms with Gasteiger partial charge in [0.1, 0.15) is 4.21 Å². The summed E-state index contributed by atoms with van der Waals surface area (Å²) in [6.45, 7) is 3.66. The summed E-state index contributed by atoms with van der Waals surface area (Å²) in [5.74, 6) is 0. The number of nitriles is 1. The Hall–Kier alpha value is -0.900. The highest BCUT2D eigenvalue weighted by molar-refractivity contribution is 7.91. The molecule has 0 aliphatic rings. The van der Waals surface area contributed by atoms with Crippen molar-refractivity contribution >= 4 is 21.4 Å². The number of sulfonamides is 1. The molecule has 0 saturated heterocycles. The second-order valence-corrected chi connectivity index (χ2v) is 6.57. The summed E-state index contributed by atoms with van der Waals surface area (Å²) in [4.78, 5) is 1.04. The van der Waals surface area contributed by atoms with Crippen LogP contribution in [0.4, 0.5) is 0 Å². The second kappa shape index (κ2) is 5.43. The molecule has 4 nitrogen and oxygen atoms in total. The molecule has 0 radical (unpaired) electrons. The minimum Gasteiger partial charge on any atom is -0.207 e. The first kappa shape index (κ1) is 13.2. The largest absolute Gasteiger partial charge is 0.250 e. The van der Waals surface area contributed by atoms with Crippen LogP contribution in [0.15, 0.2) is 16.3 Å². The molecule has 1 aromatic rings. The molecule has 88 valence electrons. The lowest BCUT2D eigenvalue weighted by Crippen LogP contribution is -2.31. The lowest BCUT2D eigenvalue weighted by molar-refractivity contribution is 0.565. The van der Waals surface area contributed by atoms with Crippen LogP contribution in [0.1, 0.15) is 25.1 Å². The van der Waals surface area contributed by atoms with Crippen molar-refractivity contribution in [2.24, 2.45) is 0 Å². The average Bonchev–Trinajstić information content (AvgIpc) is 2.65. The Morgan fingerprint density at radius 1 is 1.56 bits per heavy atom. The van der Waals surface area contributed by atoms with Gasteiger partial charge in [-0.15, -0.1) is 11.3 Å². The highest BCUT2D eigenvalue weighted by atomic mass is 32.2. The fourth-order valence-electron chi connectivity index (χ4n) is 1.19. The second-order valence-electron chi connectivity index (χ2n) is 3.46. The molecule has 0 aliphatic carbocycles. The first-order chi connectivity index (χ1) is 7.49. The van der Waals surface area contributed by atoms with Crippen molar-refractivity contribution in [2.75, 3.05) is 0 Å². The molecule has 0 aromatic carbocycles. The van der Waals surface area contributed by atoms with Crippen LogP contribution in [0.3, 0.4) is 0 Å². The fourth-order valence-corrected chi connectivity index (χ4v) is 3.75. The van der Waals surface area contributed by atoms with Gasteiger partial charge in [-0.3, -0.25) is 0 Å². The molecule has 16 heavy (non-hydrogen) atoms. The van der Waals surface area contributed by atoms with Crippen LogP contribution in [0, 0.1) is 11.3 Å². The molecule has 1 atom stereocenters. The molecule has 0 amide bonds. The van der Waals surface area contributed by atoms with E-state index in [1.54, 1.807) is 13.0 Å². The molecular weight excluding hydrogens is 244 g/mol. The van der Waals surface area contributed by atoms with E-state index in [2.05, 4.69) is 4.72 Å². The van der Waals surface area contributed by atoms with Gasteiger partial charge >= 0.3 is 0 Å². The van der Waals surface area contributed by atoms with E-state index in [9.17, 15) is 8.42 Å². The maximum absolute atomic E-state index is 11.8. The van der Waals surface area contributed by atoms with Crippen LogP contribution in [-0.4, -0.2) is 14.5 Å². The van der Waals surface area contributed by atoms with Crippen LogP contribution < -0.4 is 4.72 Å². The standard InChI is InChI=1S/C10H14N2O2S2/c1-3-9-4-5-10(15-9)16(13,14)12-8(2)6-7-11/h4-5,8,12H,3,6H2,1-2H3. The van der Waals surface area contributed by atoms with E-state index < -0.39 is 10.0 Å². The Bertz CT molecular complexity index is 485. The molecule has 0 bridgehead atoms. The van der Waals surface area contributed by atoms with Crippen LogP contribution in [0.25, 0.3) is 0 Å². The zero-order chi connectivity index (χ0) is 12.2. The summed E-state index contributed by atoms with van der Waals surface area (Å²) in [5.41, 5.74) is 0. The summed E-state index contributed by atoms with van der Waals surface area (Å²) < 4.78 is 26.5. The van der Waals surface area contributed by atoms with Gasteiger partial charge in [0.15, 0.2) is 0 Å². The van der Waals surface area contributed by atoms with Crippen LogP contribution in [0.5, 0.6) is 0 Å². The zero-order valence-corrected chi connectivity index (χ0v) is 10.9. The van der Waals surface area contributed by atoms with E-state index >= 15 is 0 Å². The van der Waals surface area contributed by atoms with Gasteiger partial charge in [0, 0.05) is 10.9 Å². The predicted molar refractivity (Wildman–Crippen MR) is 63.7 cm³/mol. The molecule has 1 aromatic heterocycles. The number of hydrogen-bond donors (Lipinski definition) is 1. The molecule has 0 saturated carbocycles. The smallest absolute Gasteiger partial charge is 0.207 e. The van der Waals surface area contributed by atoms with E-state index in [-0.39, 0.29) is 12.5 Å². The van der Waals surface area contributed by atoms with Crippen molar-refractivity contribution in [1.82, 2.24) is 4.72 Å². The minimum atomic E-state index is -3.45. The maximum atomic E-state index is 11.8. The molecule has 1 unspecified atom stereocenters. The Labute approximate surface area is 100.0 Å². The Balaban J connectivity index is 2.82. The molecule has 1 heterocycles. The molecule has 1 rings (SSSR count). The van der Waals surface area contributed by atoms with E-state index in [4.69, 9.17) is 5.26 Å². The summed E-state index contributed by atoms with van der Waals surface area (Å²) >= 11 is 1.27. The number of nitrogens with one attached hydrogen (secondary N) is 1. The van der Waals surface area contributed by atoms with Crippen molar-refractivity contribution in [3.8, 4) is 6.07 Å². The normalized spacial score (nSPS) is 13.3. The van der Waals surface area contributed by atoms with Gasteiger partial charge in [0.05, 0.1) is 12.5 Å². The summed E-state index contributed by atoms with van der Waals surface area (Å²) in [6.07, 6.45) is 0.999. The number of nitrogens with zero attached hydrogens (tertiary/aromatic N) is 1. The SMILES string of the molecule is CCc1ccc(S(=O)(=O)NC(C)CC#N)s1. The van der Waals surface area contributed by atoms with E-state index in [1.807, 2.05) is 19.1 Å². The fraction of sp³-hybridized carbons (Fsp3) is 0.500. The Morgan fingerprint density at radius 3 is 2.75 bits per heavy atom. The van der Waals surface area contributed by atoms with Crippen LogP contribution in [0.2, 0.25) is 0 Å². The van der Waals surface area contributed by atoms with Crippen molar-refractivity contribution < 1.29 is 8.42 Å². The third-order valence-corrected chi connectivity index (χ3v) is 5.32. The lowest BCUT2D eigenvalue weighted by Gasteiger charge is -2.09. The highest BCUT2D eigenvalue weighted by Crippen LogP contribution is 2.22. The number of hydrogen-bond acceptors (Lipinski definition) is 4. The molecule has 0 aliphatic heterocycles. The van der Waals surface area contributed by atoms with Gasteiger partial charge in [0.2, 0.25) is 10.0 Å². The first-order valence-electron chi connectivity index (χ1n) is 4.97. The molecule has 0 spiro atoms. The molecular formula is C10H14N2O2S2. The third kappa shape index (κ3) is 3.30. The molecule has 0 fully saturated rings.